The maximum atomic E-state index is 12.0. The summed E-state index contributed by atoms with van der Waals surface area (Å²) in [4.78, 5) is 25.3. The molecule has 0 saturated carbocycles. The van der Waals surface area contributed by atoms with E-state index in [0.717, 1.165) is 11.8 Å². The Hall–Kier alpha value is -2.46. The predicted octanol–water partition coefficient (Wildman–Crippen LogP) is 2.65. The Labute approximate surface area is 132 Å². The molecule has 0 bridgehead atoms. The second kappa shape index (κ2) is 7.00. The highest BCUT2D eigenvalue weighted by atomic mass is 32.2. The van der Waals surface area contributed by atoms with Gasteiger partial charge in [-0.1, -0.05) is 6.07 Å². The van der Waals surface area contributed by atoms with E-state index in [2.05, 4.69) is 0 Å². The van der Waals surface area contributed by atoms with E-state index in [4.69, 9.17) is 14.7 Å². The van der Waals surface area contributed by atoms with Crippen LogP contribution in [-0.4, -0.2) is 36.3 Å². The van der Waals surface area contributed by atoms with Crippen molar-refractivity contribution in [1.29, 1.82) is 5.26 Å². The molecule has 0 aromatic heterocycles. The van der Waals surface area contributed by atoms with Gasteiger partial charge in [0.05, 0.1) is 12.0 Å². The van der Waals surface area contributed by atoms with Crippen LogP contribution in [0.4, 0.5) is 4.79 Å². The fourth-order valence-corrected chi connectivity index (χ4v) is 2.83. The van der Waals surface area contributed by atoms with Gasteiger partial charge >= 0.3 is 0 Å². The van der Waals surface area contributed by atoms with Gasteiger partial charge in [-0.05, 0) is 42.5 Å². The summed E-state index contributed by atoms with van der Waals surface area (Å²) in [6.07, 6.45) is 1.64. The van der Waals surface area contributed by atoms with Crippen molar-refractivity contribution in [2.45, 2.75) is 6.92 Å². The smallest absolute Gasteiger partial charge is 0.293 e. The van der Waals surface area contributed by atoms with Gasteiger partial charge in [0.25, 0.3) is 11.1 Å². The molecule has 0 N–H and O–H groups in total. The highest BCUT2D eigenvalue weighted by Crippen LogP contribution is 2.34. The number of likely N-dealkylation sites (N-methyl/N-ethyl adjacent to an activating group) is 1. The first-order valence-electron chi connectivity index (χ1n) is 6.53. The Morgan fingerprint density at radius 1 is 1.36 bits per heavy atom. The molecule has 0 spiro atoms. The average Bonchev–Trinajstić information content (AvgIpc) is 2.79. The van der Waals surface area contributed by atoms with E-state index < -0.39 is 0 Å². The molecular weight excluding hydrogens is 304 g/mol. The number of hydrogen-bond acceptors (Lipinski definition) is 6. The minimum Gasteiger partial charge on any atom is -0.493 e. The molecule has 0 atom stereocenters. The summed E-state index contributed by atoms with van der Waals surface area (Å²) < 4.78 is 10.4. The molecule has 114 valence electrons. The monoisotopic (exact) mass is 318 g/mol. The molecule has 22 heavy (non-hydrogen) atoms. The van der Waals surface area contributed by atoms with Gasteiger partial charge in [-0.15, -0.1) is 0 Å². The molecule has 1 aliphatic rings. The van der Waals surface area contributed by atoms with Crippen LogP contribution in [0.5, 0.6) is 11.5 Å². The zero-order chi connectivity index (χ0) is 16.1. The fraction of sp³-hybridized carbons (Fsp3) is 0.267. The first kappa shape index (κ1) is 15.9. The van der Waals surface area contributed by atoms with Crippen molar-refractivity contribution in [1.82, 2.24) is 4.90 Å². The van der Waals surface area contributed by atoms with Crippen molar-refractivity contribution in [2.24, 2.45) is 0 Å². The van der Waals surface area contributed by atoms with Gasteiger partial charge in [-0.2, -0.15) is 5.26 Å². The summed E-state index contributed by atoms with van der Waals surface area (Å²) in [6.45, 7) is 2.03. The molecule has 1 aliphatic heterocycles. The van der Waals surface area contributed by atoms with E-state index in [9.17, 15) is 9.59 Å². The van der Waals surface area contributed by atoms with E-state index >= 15 is 0 Å². The quantitative estimate of drug-likeness (QED) is 0.777. The zero-order valence-corrected chi connectivity index (χ0v) is 13.0. The summed E-state index contributed by atoms with van der Waals surface area (Å²) in [5, 5.41) is 8.27. The third-order valence-electron chi connectivity index (χ3n) is 2.97. The van der Waals surface area contributed by atoms with Gasteiger partial charge in [0.15, 0.2) is 18.1 Å². The molecule has 0 unspecified atom stereocenters. The van der Waals surface area contributed by atoms with Gasteiger partial charge in [0.1, 0.15) is 6.07 Å². The lowest BCUT2D eigenvalue weighted by atomic mass is 10.2. The van der Waals surface area contributed by atoms with E-state index in [1.54, 1.807) is 31.2 Å². The lowest BCUT2D eigenvalue weighted by molar-refractivity contribution is -0.122. The second-order valence-corrected chi connectivity index (χ2v) is 5.28. The van der Waals surface area contributed by atoms with Crippen molar-refractivity contribution < 1.29 is 19.1 Å². The molecule has 7 heteroatoms. The second-order valence-electron chi connectivity index (χ2n) is 4.28. The molecule has 1 aromatic rings. The number of rotatable bonds is 5. The Kier molecular flexibility index (Phi) is 5.07. The topological polar surface area (TPSA) is 79.6 Å². The summed E-state index contributed by atoms with van der Waals surface area (Å²) in [5.74, 6) is 0.614. The number of carbonyl (C=O) groups excluding carboxylic acids is 2. The van der Waals surface area contributed by atoms with Gasteiger partial charge in [0.2, 0.25) is 0 Å². The van der Waals surface area contributed by atoms with Crippen molar-refractivity contribution in [3.8, 4) is 17.6 Å². The number of ether oxygens (including phenoxy) is 2. The van der Waals surface area contributed by atoms with Crippen molar-refractivity contribution >= 4 is 29.0 Å². The number of nitriles is 1. The molecule has 2 rings (SSSR count). The van der Waals surface area contributed by atoms with Crippen LogP contribution < -0.4 is 9.47 Å². The lowest BCUT2D eigenvalue weighted by Crippen LogP contribution is -2.27. The lowest BCUT2D eigenvalue weighted by Gasteiger charge is -2.09. The zero-order valence-electron chi connectivity index (χ0n) is 12.2. The van der Waals surface area contributed by atoms with Gasteiger partial charge in [-0.25, -0.2) is 0 Å². The largest absolute Gasteiger partial charge is 0.493 e. The van der Waals surface area contributed by atoms with Crippen LogP contribution in [0.3, 0.4) is 0 Å². The number of benzene rings is 1. The predicted molar refractivity (Wildman–Crippen MR) is 82.5 cm³/mol. The SMILES string of the molecule is CCN1C(=O)S/C(=C\c2ccc(OCC#N)c(OC)c2)C1=O. The standard InChI is InChI=1S/C15H14N2O4S/c1-3-17-14(18)13(22-15(17)19)9-10-4-5-11(21-7-6-16)12(8-10)20-2/h4-5,8-9H,3,7H2,1-2H3/b13-9-. The Morgan fingerprint density at radius 3 is 2.73 bits per heavy atom. The van der Waals surface area contributed by atoms with Crippen molar-refractivity contribution in [2.75, 3.05) is 20.3 Å². The van der Waals surface area contributed by atoms with E-state index in [-0.39, 0.29) is 17.8 Å². The fourth-order valence-electron chi connectivity index (χ4n) is 1.93. The highest BCUT2D eigenvalue weighted by molar-refractivity contribution is 8.18. The Balaban J connectivity index is 2.27. The third-order valence-corrected chi connectivity index (χ3v) is 3.87. The van der Waals surface area contributed by atoms with Crippen molar-refractivity contribution in [3.63, 3.8) is 0 Å². The van der Waals surface area contributed by atoms with Crippen LogP contribution in [0.25, 0.3) is 6.08 Å². The minimum atomic E-state index is -0.290. The molecule has 6 nitrogen and oxygen atoms in total. The van der Waals surface area contributed by atoms with E-state index in [1.807, 2.05) is 6.07 Å². The summed E-state index contributed by atoms with van der Waals surface area (Å²) in [7, 11) is 1.49. The van der Waals surface area contributed by atoms with Crippen LogP contribution in [-0.2, 0) is 4.79 Å². The number of amides is 2. The highest BCUT2D eigenvalue weighted by Gasteiger charge is 2.33. The summed E-state index contributed by atoms with van der Waals surface area (Å²) in [5.41, 5.74) is 0.711. The van der Waals surface area contributed by atoms with E-state index in [0.29, 0.717) is 28.5 Å². The number of thioether (sulfide) groups is 1. The first-order valence-corrected chi connectivity index (χ1v) is 7.35. The van der Waals surface area contributed by atoms with Gasteiger partial charge in [0, 0.05) is 6.54 Å². The van der Waals surface area contributed by atoms with Gasteiger partial charge in [-0.3, -0.25) is 14.5 Å². The third kappa shape index (κ3) is 3.23. The molecule has 0 radical (unpaired) electrons. The van der Waals surface area contributed by atoms with E-state index in [1.165, 1.54) is 12.0 Å². The molecule has 1 saturated heterocycles. The Bertz CT molecular complexity index is 679. The summed E-state index contributed by atoms with van der Waals surface area (Å²) >= 11 is 0.916. The van der Waals surface area contributed by atoms with Crippen LogP contribution in [0.2, 0.25) is 0 Å². The maximum absolute atomic E-state index is 12.0. The molecule has 2 amide bonds. The molecule has 0 aliphatic carbocycles. The number of hydrogen-bond donors (Lipinski definition) is 0. The molecular formula is C15H14N2O4S. The minimum absolute atomic E-state index is 0.0783. The first-order chi connectivity index (χ1) is 10.6. The van der Waals surface area contributed by atoms with Gasteiger partial charge < -0.3 is 9.47 Å². The number of nitrogens with zero attached hydrogens (tertiary/aromatic N) is 2. The summed E-state index contributed by atoms with van der Waals surface area (Å²) in [6, 6.07) is 6.96. The van der Waals surface area contributed by atoms with Crippen LogP contribution in [0.15, 0.2) is 23.1 Å². The van der Waals surface area contributed by atoms with Crippen LogP contribution in [0.1, 0.15) is 12.5 Å². The van der Waals surface area contributed by atoms with Crippen molar-refractivity contribution in [3.05, 3.63) is 28.7 Å². The molecule has 1 fully saturated rings. The van der Waals surface area contributed by atoms with Crippen LogP contribution >= 0.6 is 11.8 Å². The normalized spacial score (nSPS) is 16.0. The number of methoxy groups -OCH3 is 1. The number of carbonyl (C=O) groups is 2. The number of imide groups is 1. The Morgan fingerprint density at radius 2 is 2.14 bits per heavy atom. The average molecular weight is 318 g/mol. The molecule has 1 aromatic carbocycles. The molecule has 1 heterocycles. The maximum Gasteiger partial charge on any atom is 0.293 e. The van der Waals surface area contributed by atoms with Crippen LogP contribution in [0, 0.1) is 11.3 Å².